The van der Waals surface area contributed by atoms with Crippen LogP contribution in [-0.4, -0.2) is 29.9 Å². The number of hydrazine groups is 1. The van der Waals surface area contributed by atoms with E-state index >= 15 is 0 Å². The highest BCUT2D eigenvalue weighted by Gasteiger charge is 2.18. The quantitative estimate of drug-likeness (QED) is 0.557. The molecule has 29 heavy (non-hydrogen) atoms. The molecule has 7 nitrogen and oxygen atoms in total. The Kier molecular flexibility index (Phi) is 6.58. The topological polar surface area (TPSA) is 91.4 Å². The maximum atomic E-state index is 12.3. The molecular weight excluding hydrogens is 388 g/mol. The SMILES string of the molecule is CS(=O)(=O)N(Cc1ccc(C(=O)NNc2ccccc2)cc1)Cc1ccccn1. The van der Waals surface area contributed by atoms with Crippen LogP contribution in [0.15, 0.2) is 79.0 Å². The van der Waals surface area contributed by atoms with E-state index in [9.17, 15) is 13.2 Å². The van der Waals surface area contributed by atoms with E-state index in [2.05, 4.69) is 15.8 Å². The zero-order valence-corrected chi connectivity index (χ0v) is 16.8. The first-order chi connectivity index (χ1) is 13.9. The lowest BCUT2D eigenvalue weighted by Gasteiger charge is -2.19. The summed E-state index contributed by atoms with van der Waals surface area (Å²) in [5.41, 5.74) is 8.16. The van der Waals surface area contributed by atoms with Crippen LogP contribution >= 0.6 is 0 Å². The highest BCUT2D eigenvalue weighted by atomic mass is 32.2. The van der Waals surface area contributed by atoms with E-state index in [1.165, 1.54) is 10.6 Å². The zero-order chi connectivity index (χ0) is 20.7. The van der Waals surface area contributed by atoms with Gasteiger partial charge in [0.05, 0.1) is 24.2 Å². The van der Waals surface area contributed by atoms with Gasteiger partial charge in [-0.1, -0.05) is 36.4 Å². The summed E-state index contributed by atoms with van der Waals surface area (Å²) in [7, 11) is -3.42. The van der Waals surface area contributed by atoms with Gasteiger partial charge in [0, 0.05) is 18.3 Å². The fourth-order valence-corrected chi connectivity index (χ4v) is 3.40. The minimum Gasteiger partial charge on any atom is -0.298 e. The number of nitrogens with zero attached hydrogens (tertiary/aromatic N) is 2. The molecule has 0 aliphatic rings. The summed E-state index contributed by atoms with van der Waals surface area (Å²) < 4.78 is 25.7. The predicted octanol–water partition coefficient (Wildman–Crippen LogP) is 2.80. The molecule has 1 aromatic heterocycles. The molecule has 3 rings (SSSR count). The molecule has 0 saturated heterocycles. The third-order valence-corrected chi connectivity index (χ3v) is 5.40. The average molecular weight is 410 g/mol. The Bertz CT molecular complexity index is 1040. The molecule has 0 aliphatic carbocycles. The number of nitrogens with one attached hydrogen (secondary N) is 2. The highest BCUT2D eigenvalue weighted by Crippen LogP contribution is 2.13. The van der Waals surface area contributed by atoms with Crippen molar-refractivity contribution in [3.05, 3.63) is 95.8 Å². The Hall–Kier alpha value is -3.23. The van der Waals surface area contributed by atoms with Crippen LogP contribution in [0.3, 0.4) is 0 Å². The Morgan fingerprint density at radius 3 is 2.24 bits per heavy atom. The number of benzene rings is 2. The number of rotatable bonds is 8. The van der Waals surface area contributed by atoms with Gasteiger partial charge in [-0.25, -0.2) is 8.42 Å². The summed E-state index contributed by atoms with van der Waals surface area (Å²) in [4.78, 5) is 16.5. The molecule has 0 unspecified atom stereocenters. The van der Waals surface area contributed by atoms with Gasteiger partial charge in [-0.2, -0.15) is 4.31 Å². The normalized spacial score (nSPS) is 11.2. The molecule has 1 heterocycles. The second-order valence-corrected chi connectivity index (χ2v) is 8.48. The molecule has 0 spiro atoms. The number of carbonyl (C=O) groups is 1. The Labute approximate surface area is 170 Å². The summed E-state index contributed by atoms with van der Waals surface area (Å²) in [6.07, 6.45) is 2.81. The number of sulfonamides is 1. The minimum atomic E-state index is -3.42. The molecule has 0 saturated carbocycles. The molecule has 3 aromatic rings. The zero-order valence-electron chi connectivity index (χ0n) is 15.9. The van der Waals surface area contributed by atoms with Gasteiger partial charge in [0.2, 0.25) is 10.0 Å². The number of para-hydroxylation sites is 1. The number of pyridine rings is 1. The standard InChI is InChI=1S/C21H22N4O3S/c1-29(27,28)25(16-20-9-5-6-14-22-20)15-17-10-12-18(13-11-17)21(26)24-23-19-7-3-2-4-8-19/h2-14,23H,15-16H2,1H3,(H,24,26). The third kappa shape index (κ3) is 6.13. The predicted molar refractivity (Wildman–Crippen MR) is 112 cm³/mol. The maximum Gasteiger partial charge on any atom is 0.269 e. The minimum absolute atomic E-state index is 0.183. The van der Waals surface area contributed by atoms with Crippen LogP contribution in [0.1, 0.15) is 21.6 Å². The lowest BCUT2D eigenvalue weighted by molar-refractivity contribution is 0.0962. The monoisotopic (exact) mass is 410 g/mol. The van der Waals surface area contributed by atoms with E-state index < -0.39 is 10.0 Å². The van der Waals surface area contributed by atoms with Gasteiger partial charge in [-0.3, -0.25) is 20.6 Å². The van der Waals surface area contributed by atoms with Crippen molar-refractivity contribution in [3.8, 4) is 0 Å². The second kappa shape index (κ2) is 9.31. The van der Waals surface area contributed by atoms with E-state index in [0.29, 0.717) is 11.3 Å². The number of hydrogen-bond acceptors (Lipinski definition) is 5. The van der Waals surface area contributed by atoms with Crippen LogP contribution in [0, 0.1) is 0 Å². The first kappa shape index (κ1) is 20.5. The summed E-state index contributed by atoms with van der Waals surface area (Å²) >= 11 is 0. The van der Waals surface area contributed by atoms with Gasteiger partial charge < -0.3 is 0 Å². The van der Waals surface area contributed by atoms with Crippen molar-refractivity contribution in [3.63, 3.8) is 0 Å². The summed E-state index contributed by atoms with van der Waals surface area (Å²) in [5, 5.41) is 0. The van der Waals surface area contributed by atoms with Crippen LogP contribution in [0.4, 0.5) is 5.69 Å². The average Bonchev–Trinajstić information content (AvgIpc) is 2.73. The van der Waals surface area contributed by atoms with Gasteiger partial charge in [0.1, 0.15) is 0 Å². The number of carbonyl (C=O) groups excluding carboxylic acids is 1. The van der Waals surface area contributed by atoms with Crippen molar-refractivity contribution in [2.75, 3.05) is 11.7 Å². The van der Waals surface area contributed by atoms with Crippen molar-refractivity contribution in [1.82, 2.24) is 14.7 Å². The van der Waals surface area contributed by atoms with E-state index in [1.54, 1.807) is 42.6 Å². The fourth-order valence-electron chi connectivity index (χ4n) is 2.65. The molecule has 0 radical (unpaired) electrons. The van der Waals surface area contributed by atoms with Crippen LogP contribution in [0.2, 0.25) is 0 Å². The van der Waals surface area contributed by atoms with Gasteiger partial charge in [0.15, 0.2) is 0 Å². The van der Waals surface area contributed by atoms with Crippen LogP contribution in [0.5, 0.6) is 0 Å². The van der Waals surface area contributed by atoms with E-state index in [0.717, 1.165) is 11.3 Å². The van der Waals surface area contributed by atoms with E-state index in [1.807, 2.05) is 36.4 Å². The fraction of sp³-hybridized carbons (Fsp3) is 0.143. The Morgan fingerprint density at radius 1 is 0.931 bits per heavy atom. The molecular formula is C21H22N4O3S. The molecule has 0 atom stereocenters. The largest absolute Gasteiger partial charge is 0.298 e. The lowest BCUT2D eigenvalue weighted by atomic mass is 10.1. The molecule has 8 heteroatoms. The van der Waals surface area contributed by atoms with Crippen LogP contribution < -0.4 is 10.9 Å². The molecule has 0 aliphatic heterocycles. The first-order valence-electron chi connectivity index (χ1n) is 8.97. The van der Waals surface area contributed by atoms with Gasteiger partial charge >= 0.3 is 0 Å². The number of aromatic nitrogens is 1. The van der Waals surface area contributed by atoms with Crippen molar-refractivity contribution in [2.24, 2.45) is 0 Å². The summed E-state index contributed by atoms with van der Waals surface area (Å²) in [6.45, 7) is 0.377. The maximum absolute atomic E-state index is 12.3. The Balaban J connectivity index is 1.64. The van der Waals surface area contributed by atoms with Gasteiger partial charge in [-0.05, 0) is 42.0 Å². The number of amides is 1. The first-order valence-corrected chi connectivity index (χ1v) is 10.8. The smallest absolute Gasteiger partial charge is 0.269 e. The summed E-state index contributed by atoms with van der Waals surface area (Å²) in [5.74, 6) is -0.283. The summed E-state index contributed by atoms with van der Waals surface area (Å²) in [6, 6.07) is 21.5. The molecule has 0 bridgehead atoms. The van der Waals surface area contributed by atoms with Crippen LogP contribution in [0.25, 0.3) is 0 Å². The molecule has 2 aromatic carbocycles. The van der Waals surface area contributed by atoms with Gasteiger partial charge in [-0.15, -0.1) is 0 Å². The van der Waals surface area contributed by atoms with E-state index in [4.69, 9.17) is 0 Å². The van der Waals surface area contributed by atoms with Crippen molar-refractivity contribution < 1.29 is 13.2 Å². The number of anilines is 1. The molecule has 1 amide bonds. The highest BCUT2D eigenvalue weighted by molar-refractivity contribution is 7.88. The van der Waals surface area contributed by atoms with Gasteiger partial charge in [0.25, 0.3) is 5.91 Å². The van der Waals surface area contributed by atoms with Crippen molar-refractivity contribution in [1.29, 1.82) is 0 Å². The van der Waals surface area contributed by atoms with Crippen molar-refractivity contribution >= 4 is 21.6 Å². The second-order valence-electron chi connectivity index (χ2n) is 6.49. The van der Waals surface area contributed by atoms with Crippen molar-refractivity contribution in [2.45, 2.75) is 13.1 Å². The lowest BCUT2D eigenvalue weighted by Crippen LogP contribution is -2.30. The molecule has 150 valence electrons. The van der Waals surface area contributed by atoms with E-state index in [-0.39, 0.29) is 19.0 Å². The molecule has 2 N–H and O–H groups in total. The Morgan fingerprint density at radius 2 is 1.62 bits per heavy atom. The van der Waals surface area contributed by atoms with Crippen LogP contribution in [-0.2, 0) is 23.1 Å². The molecule has 0 fully saturated rings. The number of hydrogen-bond donors (Lipinski definition) is 2. The third-order valence-electron chi connectivity index (χ3n) is 4.20.